The number of nitrogens with zero attached hydrogens (tertiary/aromatic N) is 2. The molecular formula is C7H14I2N2O4S2. The first kappa shape index (κ1) is 14.7. The Morgan fingerprint density at radius 2 is 2.00 bits per heavy atom. The molecule has 2 heterocycles. The molecule has 2 aliphatic rings. The summed E-state index contributed by atoms with van der Waals surface area (Å²) in [4.78, 5) is 0. The average molecular weight is 508 g/mol. The van der Waals surface area contributed by atoms with Crippen molar-refractivity contribution in [2.75, 3.05) is 28.3 Å². The SMILES string of the molecule is CS(=O)(=O)N1CCI(C2CCN(I)S2(=O)=O)C1. The number of halogens is 2. The Kier molecular flexibility index (Phi) is 4.31. The van der Waals surface area contributed by atoms with Gasteiger partial charge in [0, 0.05) is 0 Å². The Morgan fingerprint density at radius 3 is 2.41 bits per heavy atom. The Bertz CT molecular complexity index is 506. The van der Waals surface area contributed by atoms with E-state index in [-0.39, 0.29) is 3.26 Å². The third-order valence-electron chi connectivity index (χ3n) is 2.81. The number of hydrogen-bond acceptors (Lipinski definition) is 4. The first-order valence-corrected chi connectivity index (χ1v) is 13.6. The number of sulfonamides is 2. The maximum atomic E-state index is 12.0. The standard InChI is InChI=1S/C7H14I2N2O4S2/c1-16(12,13)10-5-3-9(6-10)7-2-4-11(8)17(7,14)15/h7H,2-6H2,1H3. The molecule has 0 aromatic carbocycles. The number of alkyl halides is 3. The summed E-state index contributed by atoms with van der Waals surface area (Å²) in [6, 6.07) is 0. The zero-order chi connectivity index (χ0) is 12.8. The molecule has 0 spiro atoms. The van der Waals surface area contributed by atoms with Gasteiger partial charge in [-0.15, -0.1) is 0 Å². The molecule has 102 valence electrons. The van der Waals surface area contributed by atoms with Crippen molar-refractivity contribution in [3.8, 4) is 0 Å². The van der Waals surface area contributed by atoms with Crippen LogP contribution in [0.3, 0.4) is 0 Å². The topological polar surface area (TPSA) is 74.8 Å². The van der Waals surface area contributed by atoms with Crippen LogP contribution in [0.1, 0.15) is 6.42 Å². The molecule has 1 atom stereocenters. The van der Waals surface area contributed by atoms with Crippen LogP contribution in [-0.4, -0.2) is 55.2 Å². The van der Waals surface area contributed by atoms with Crippen LogP contribution >= 0.6 is 42.7 Å². The molecule has 2 saturated heterocycles. The van der Waals surface area contributed by atoms with Gasteiger partial charge in [-0.3, -0.25) is 0 Å². The van der Waals surface area contributed by atoms with E-state index < -0.39 is 39.9 Å². The fraction of sp³-hybridized carbons (Fsp3) is 1.00. The summed E-state index contributed by atoms with van der Waals surface area (Å²) in [5.41, 5.74) is 0. The van der Waals surface area contributed by atoms with Gasteiger partial charge in [0.15, 0.2) is 0 Å². The van der Waals surface area contributed by atoms with Gasteiger partial charge in [0.2, 0.25) is 0 Å². The molecule has 6 nitrogen and oxygen atoms in total. The Labute approximate surface area is 123 Å². The first-order valence-electron chi connectivity index (χ1n) is 4.95. The summed E-state index contributed by atoms with van der Waals surface area (Å²) in [5, 5.41) is 0. The predicted molar refractivity (Wildman–Crippen MR) is 83.4 cm³/mol. The summed E-state index contributed by atoms with van der Waals surface area (Å²) >= 11 is 0.104. The molecule has 0 aromatic rings. The van der Waals surface area contributed by atoms with Crippen molar-refractivity contribution in [3.05, 3.63) is 0 Å². The minimum atomic E-state index is -3.15. The molecule has 2 aliphatic heterocycles. The van der Waals surface area contributed by atoms with Crippen molar-refractivity contribution in [1.82, 2.24) is 6.82 Å². The van der Waals surface area contributed by atoms with E-state index in [2.05, 4.69) is 0 Å². The van der Waals surface area contributed by atoms with Gasteiger partial charge in [-0.1, -0.05) is 0 Å². The summed E-state index contributed by atoms with van der Waals surface area (Å²) < 4.78 is 50.7. The van der Waals surface area contributed by atoms with E-state index in [1.807, 2.05) is 22.9 Å². The molecule has 0 N–H and O–H groups in total. The van der Waals surface area contributed by atoms with E-state index in [0.29, 0.717) is 24.1 Å². The third kappa shape index (κ3) is 2.90. The van der Waals surface area contributed by atoms with Crippen molar-refractivity contribution < 1.29 is 16.8 Å². The third-order valence-corrected chi connectivity index (χ3v) is 18.0. The van der Waals surface area contributed by atoms with Crippen LogP contribution in [0.2, 0.25) is 0 Å². The van der Waals surface area contributed by atoms with Crippen LogP contribution in [0.5, 0.6) is 0 Å². The fourth-order valence-electron chi connectivity index (χ4n) is 1.86. The van der Waals surface area contributed by atoms with Crippen molar-refractivity contribution in [2.45, 2.75) is 9.68 Å². The van der Waals surface area contributed by atoms with Crippen molar-refractivity contribution in [3.63, 3.8) is 0 Å². The second-order valence-electron chi connectivity index (χ2n) is 4.00. The Hall–Kier alpha value is 1.28. The molecule has 2 rings (SSSR count). The zero-order valence-corrected chi connectivity index (χ0v) is 15.2. The molecular weight excluding hydrogens is 494 g/mol. The summed E-state index contributed by atoms with van der Waals surface area (Å²) in [6.45, 7) is 1.08. The van der Waals surface area contributed by atoms with E-state index in [1.165, 1.54) is 13.1 Å². The molecule has 0 radical (unpaired) electrons. The van der Waals surface area contributed by atoms with Crippen LogP contribution in [-0.2, 0) is 20.0 Å². The molecule has 0 aromatic heterocycles. The van der Waals surface area contributed by atoms with E-state index in [0.717, 1.165) is 4.43 Å². The molecule has 0 amide bonds. The van der Waals surface area contributed by atoms with E-state index in [9.17, 15) is 16.8 Å². The van der Waals surface area contributed by atoms with Gasteiger partial charge in [0.05, 0.1) is 0 Å². The van der Waals surface area contributed by atoms with E-state index in [4.69, 9.17) is 0 Å². The van der Waals surface area contributed by atoms with Crippen LogP contribution in [0, 0.1) is 0 Å². The first-order chi connectivity index (χ1) is 7.73. The van der Waals surface area contributed by atoms with Crippen molar-refractivity contribution in [2.24, 2.45) is 0 Å². The van der Waals surface area contributed by atoms with E-state index in [1.54, 1.807) is 0 Å². The van der Waals surface area contributed by atoms with Gasteiger partial charge in [-0.25, -0.2) is 0 Å². The van der Waals surface area contributed by atoms with Gasteiger partial charge in [0.25, 0.3) is 0 Å². The van der Waals surface area contributed by atoms with Gasteiger partial charge in [-0.05, 0) is 0 Å². The maximum absolute atomic E-state index is 12.0. The predicted octanol–water partition coefficient (Wildman–Crippen LogP) is 0.437. The molecule has 2 fully saturated rings. The van der Waals surface area contributed by atoms with Crippen molar-refractivity contribution in [1.29, 1.82) is 0 Å². The molecule has 0 aliphatic carbocycles. The minimum absolute atomic E-state index is 0.254. The number of rotatable bonds is 2. The Balaban J connectivity index is 2.13. The molecule has 17 heavy (non-hydrogen) atoms. The average Bonchev–Trinajstić information content (AvgIpc) is 2.73. The Morgan fingerprint density at radius 1 is 1.35 bits per heavy atom. The second kappa shape index (κ2) is 5.00. The zero-order valence-electron chi connectivity index (χ0n) is 9.21. The van der Waals surface area contributed by atoms with Crippen LogP contribution in [0.4, 0.5) is 0 Å². The molecule has 1 unspecified atom stereocenters. The van der Waals surface area contributed by atoms with Gasteiger partial charge in [0.1, 0.15) is 0 Å². The van der Waals surface area contributed by atoms with Gasteiger partial charge < -0.3 is 0 Å². The number of hydrogen-bond donors (Lipinski definition) is 0. The normalized spacial score (nSPS) is 33.3. The van der Waals surface area contributed by atoms with Crippen LogP contribution < -0.4 is 0 Å². The van der Waals surface area contributed by atoms with E-state index >= 15 is 0 Å². The fourth-order valence-corrected chi connectivity index (χ4v) is 18.6. The summed E-state index contributed by atoms with van der Waals surface area (Å²) in [7, 11) is -6.30. The van der Waals surface area contributed by atoms with Gasteiger partial charge >= 0.3 is 124 Å². The van der Waals surface area contributed by atoms with Crippen LogP contribution in [0.15, 0.2) is 0 Å². The summed E-state index contributed by atoms with van der Waals surface area (Å²) in [6.07, 6.45) is 1.87. The molecule has 10 heteroatoms. The van der Waals surface area contributed by atoms with Crippen LogP contribution in [0.25, 0.3) is 0 Å². The second-order valence-corrected chi connectivity index (χ2v) is 16.8. The molecule has 0 bridgehead atoms. The summed E-state index contributed by atoms with van der Waals surface area (Å²) in [5.74, 6) is 0. The van der Waals surface area contributed by atoms with Crippen molar-refractivity contribution >= 4 is 62.7 Å². The quantitative estimate of drug-likeness (QED) is 0.235. The molecule has 0 saturated carbocycles. The monoisotopic (exact) mass is 508 g/mol. The van der Waals surface area contributed by atoms with Gasteiger partial charge in [-0.2, -0.15) is 0 Å².